The van der Waals surface area contributed by atoms with Crippen LogP contribution >= 0.6 is 0 Å². The summed E-state index contributed by atoms with van der Waals surface area (Å²) in [7, 11) is 0. The summed E-state index contributed by atoms with van der Waals surface area (Å²) in [6, 6.07) is 7.95. The van der Waals surface area contributed by atoms with Gasteiger partial charge in [0.1, 0.15) is 5.54 Å². The van der Waals surface area contributed by atoms with Crippen LogP contribution in [0.2, 0.25) is 0 Å². The van der Waals surface area contributed by atoms with Crippen LogP contribution in [0.4, 0.5) is 5.69 Å². The van der Waals surface area contributed by atoms with Crippen molar-refractivity contribution < 1.29 is 9.59 Å². The first kappa shape index (κ1) is 14.6. The summed E-state index contributed by atoms with van der Waals surface area (Å²) < 4.78 is 0. The van der Waals surface area contributed by atoms with Gasteiger partial charge in [0, 0.05) is 18.7 Å². The quantitative estimate of drug-likeness (QED) is 0.919. The SMILES string of the molecule is CCCc1ccccc1N1CCC(=O)NC(C)(C)C1=O. The fourth-order valence-corrected chi connectivity index (χ4v) is 2.60. The van der Waals surface area contributed by atoms with Crippen molar-refractivity contribution in [3.63, 3.8) is 0 Å². The van der Waals surface area contributed by atoms with Gasteiger partial charge in [0.25, 0.3) is 5.91 Å². The lowest BCUT2D eigenvalue weighted by molar-refractivity contribution is -0.128. The smallest absolute Gasteiger partial charge is 0.252 e. The molecule has 0 saturated carbocycles. The number of carbonyl (C=O) groups is 2. The molecule has 108 valence electrons. The summed E-state index contributed by atoms with van der Waals surface area (Å²) in [4.78, 5) is 26.2. The predicted octanol–water partition coefficient (Wildman–Crippen LogP) is 2.27. The molecule has 1 heterocycles. The molecule has 2 amide bonds. The van der Waals surface area contributed by atoms with Gasteiger partial charge in [0.15, 0.2) is 0 Å². The van der Waals surface area contributed by atoms with Gasteiger partial charge < -0.3 is 10.2 Å². The maximum Gasteiger partial charge on any atom is 0.252 e. The Kier molecular flexibility index (Phi) is 4.12. The van der Waals surface area contributed by atoms with E-state index in [-0.39, 0.29) is 11.8 Å². The van der Waals surface area contributed by atoms with Gasteiger partial charge in [0.05, 0.1) is 0 Å². The zero-order valence-electron chi connectivity index (χ0n) is 12.4. The molecule has 1 aliphatic rings. The number of amides is 2. The molecule has 1 aliphatic heterocycles. The molecule has 0 radical (unpaired) electrons. The highest BCUT2D eigenvalue weighted by Crippen LogP contribution is 2.26. The van der Waals surface area contributed by atoms with E-state index in [1.165, 1.54) is 0 Å². The number of nitrogens with one attached hydrogen (secondary N) is 1. The first-order valence-corrected chi connectivity index (χ1v) is 7.16. The Morgan fingerprint density at radius 3 is 2.65 bits per heavy atom. The van der Waals surface area contributed by atoms with Crippen LogP contribution in [0.25, 0.3) is 0 Å². The molecular weight excluding hydrogens is 252 g/mol. The third-order valence-corrected chi connectivity index (χ3v) is 3.60. The van der Waals surface area contributed by atoms with E-state index in [9.17, 15) is 9.59 Å². The van der Waals surface area contributed by atoms with Gasteiger partial charge >= 0.3 is 0 Å². The average molecular weight is 274 g/mol. The van der Waals surface area contributed by atoms with E-state index in [2.05, 4.69) is 18.3 Å². The fourth-order valence-electron chi connectivity index (χ4n) is 2.60. The van der Waals surface area contributed by atoms with Gasteiger partial charge in [-0.05, 0) is 31.9 Å². The van der Waals surface area contributed by atoms with Crippen molar-refractivity contribution in [1.82, 2.24) is 5.32 Å². The first-order chi connectivity index (χ1) is 9.45. The van der Waals surface area contributed by atoms with Crippen molar-refractivity contribution in [2.75, 3.05) is 11.4 Å². The summed E-state index contributed by atoms with van der Waals surface area (Å²) in [5, 5.41) is 2.79. The van der Waals surface area contributed by atoms with Gasteiger partial charge in [-0.25, -0.2) is 0 Å². The largest absolute Gasteiger partial charge is 0.342 e. The van der Waals surface area contributed by atoms with Gasteiger partial charge in [-0.1, -0.05) is 31.5 Å². The van der Waals surface area contributed by atoms with E-state index in [0.717, 1.165) is 24.1 Å². The highest BCUT2D eigenvalue weighted by Gasteiger charge is 2.37. The molecular formula is C16H22N2O2. The Labute approximate surface area is 120 Å². The predicted molar refractivity (Wildman–Crippen MR) is 79.6 cm³/mol. The van der Waals surface area contributed by atoms with E-state index < -0.39 is 5.54 Å². The summed E-state index contributed by atoms with van der Waals surface area (Å²) >= 11 is 0. The molecule has 0 spiro atoms. The number of anilines is 1. The van der Waals surface area contributed by atoms with Crippen LogP contribution in [0.5, 0.6) is 0 Å². The van der Waals surface area contributed by atoms with Crippen LogP contribution in [0.1, 0.15) is 39.2 Å². The second kappa shape index (κ2) is 5.65. The van der Waals surface area contributed by atoms with Crippen LogP contribution in [-0.4, -0.2) is 23.9 Å². The maximum absolute atomic E-state index is 12.7. The van der Waals surface area contributed by atoms with Gasteiger partial charge in [-0.15, -0.1) is 0 Å². The summed E-state index contributed by atoms with van der Waals surface area (Å²) in [6.45, 7) is 6.08. The Bertz CT molecular complexity index is 523. The zero-order valence-corrected chi connectivity index (χ0v) is 12.4. The van der Waals surface area contributed by atoms with Crippen molar-refractivity contribution in [2.45, 2.75) is 45.6 Å². The Morgan fingerprint density at radius 2 is 1.95 bits per heavy atom. The normalized spacial score (nSPS) is 18.6. The number of carbonyl (C=O) groups excluding carboxylic acids is 2. The molecule has 1 N–H and O–H groups in total. The molecule has 4 heteroatoms. The van der Waals surface area contributed by atoms with E-state index in [0.29, 0.717) is 13.0 Å². The Hall–Kier alpha value is -1.84. The molecule has 2 rings (SSSR count). The third-order valence-electron chi connectivity index (χ3n) is 3.60. The molecule has 0 aromatic heterocycles. The van der Waals surface area contributed by atoms with Crippen molar-refractivity contribution >= 4 is 17.5 Å². The molecule has 0 aliphatic carbocycles. The number of benzene rings is 1. The lowest BCUT2D eigenvalue weighted by Crippen LogP contribution is -2.53. The van der Waals surface area contributed by atoms with Crippen molar-refractivity contribution in [1.29, 1.82) is 0 Å². The second-order valence-corrected chi connectivity index (χ2v) is 5.76. The maximum atomic E-state index is 12.7. The molecule has 4 nitrogen and oxygen atoms in total. The number of nitrogens with zero attached hydrogens (tertiary/aromatic N) is 1. The van der Waals surface area contributed by atoms with Crippen LogP contribution in [-0.2, 0) is 16.0 Å². The number of para-hydroxylation sites is 1. The van der Waals surface area contributed by atoms with E-state index in [1.54, 1.807) is 18.7 Å². The van der Waals surface area contributed by atoms with E-state index in [4.69, 9.17) is 0 Å². The molecule has 0 atom stereocenters. The molecule has 20 heavy (non-hydrogen) atoms. The first-order valence-electron chi connectivity index (χ1n) is 7.16. The molecule has 0 bridgehead atoms. The number of aryl methyl sites for hydroxylation is 1. The average Bonchev–Trinajstić information content (AvgIpc) is 2.49. The zero-order chi connectivity index (χ0) is 14.8. The summed E-state index contributed by atoms with van der Waals surface area (Å²) in [6.07, 6.45) is 2.30. The molecule has 1 fully saturated rings. The van der Waals surface area contributed by atoms with E-state index in [1.807, 2.05) is 18.2 Å². The van der Waals surface area contributed by atoms with Crippen molar-refractivity contribution in [2.24, 2.45) is 0 Å². The van der Waals surface area contributed by atoms with Gasteiger partial charge in [-0.2, -0.15) is 0 Å². The topological polar surface area (TPSA) is 49.4 Å². The van der Waals surface area contributed by atoms with E-state index >= 15 is 0 Å². The lowest BCUT2D eigenvalue weighted by atomic mass is 10.0. The summed E-state index contributed by atoms with van der Waals surface area (Å²) in [5.41, 5.74) is 1.24. The van der Waals surface area contributed by atoms with Crippen LogP contribution < -0.4 is 10.2 Å². The monoisotopic (exact) mass is 274 g/mol. The van der Waals surface area contributed by atoms with Crippen LogP contribution in [0.15, 0.2) is 24.3 Å². The molecule has 0 unspecified atom stereocenters. The molecule has 1 aromatic carbocycles. The Morgan fingerprint density at radius 1 is 1.25 bits per heavy atom. The standard InChI is InChI=1S/C16H22N2O2/c1-4-7-12-8-5-6-9-13(12)18-11-10-14(19)17-16(2,3)15(18)20/h5-6,8-9H,4,7,10-11H2,1-3H3,(H,17,19). The minimum Gasteiger partial charge on any atom is -0.342 e. The second-order valence-electron chi connectivity index (χ2n) is 5.76. The van der Waals surface area contributed by atoms with Crippen LogP contribution in [0, 0.1) is 0 Å². The number of hydrogen-bond acceptors (Lipinski definition) is 2. The van der Waals surface area contributed by atoms with Crippen LogP contribution in [0.3, 0.4) is 0 Å². The van der Waals surface area contributed by atoms with Crippen molar-refractivity contribution in [3.8, 4) is 0 Å². The highest BCUT2D eigenvalue weighted by molar-refractivity contribution is 6.04. The highest BCUT2D eigenvalue weighted by atomic mass is 16.2. The van der Waals surface area contributed by atoms with Crippen molar-refractivity contribution in [3.05, 3.63) is 29.8 Å². The molecule has 1 saturated heterocycles. The fraction of sp³-hybridized carbons (Fsp3) is 0.500. The van der Waals surface area contributed by atoms with Gasteiger partial charge in [-0.3, -0.25) is 9.59 Å². The summed E-state index contributed by atoms with van der Waals surface area (Å²) in [5.74, 6) is -0.120. The number of rotatable bonds is 3. The third kappa shape index (κ3) is 2.84. The molecule has 1 aromatic rings. The minimum absolute atomic E-state index is 0.0492. The minimum atomic E-state index is -0.854. The Balaban J connectivity index is 2.40. The number of hydrogen-bond donors (Lipinski definition) is 1. The van der Waals surface area contributed by atoms with Gasteiger partial charge in [0.2, 0.25) is 5.91 Å². The lowest BCUT2D eigenvalue weighted by Gasteiger charge is -2.30.